The van der Waals surface area contributed by atoms with Crippen LogP contribution in [0.4, 0.5) is 22.4 Å². The van der Waals surface area contributed by atoms with E-state index in [9.17, 15) is 18.0 Å². The van der Waals surface area contributed by atoms with Gasteiger partial charge in [-0.05, 0) is 52.2 Å². The van der Waals surface area contributed by atoms with E-state index in [1.54, 1.807) is 52.0 Å². The molecule has 0 N–H and O–H groups in total. The molecule has 2 saturated heterocycles. The van der Waals surface area contributed by atoms with Crippen LogP contribution < -0.4 is 0 Å². The first-order valence-electron chi connectivity index (χ1n) is 10.6. The number of amides is 1. The van der Waals surface area contributed by atoms with Gasteiger partial charge in [-0.15, -0.1) is 0 Å². The molecule has 5 nitrogen and oxygen atoms in total. The molecule has 2 fully saturated rings. The van der Waals surface area contributed by atoms with Gasteiger partial charge in [0.05, 0.1) is 23.2 Å². The van der Waals surface area contributed by atoms with Crippen molar-refractivity contribution < 1.29 is 36.4 Å². The summed E-state index contributed by atoms with van der Waals surface area (Å²) in [7, 11) is -1.35. The molecule has 0 aromatic heterocycles. The first-order chi connectivity index (χ1) is 14.8. The number of piperidine rings is 1. The highest BCUT2D eigenvalue weighted by molar-refractivity contribution is 6.53. The summed E-state index contributed by atoms with van der Waals surface area (Å²) in [6, 6.07) is 7.76. The van der Waals surface area contributed by atoms with Gasteiger partial charge in [-0.25, -0.2) is 9.18 Å². The van der Waals surface area contributed by atoms with Crippen LogP contribution >= 0.6 is 0 Å². The molecule has 3 rings (SSSR count). The number of ether oxygens (including phenoxy) is 1. The Labute approximate surface area is 185 Å². The minimum Gasteiger partial charge on any atom is -0.445 e. The minimum atomic E-state index is -4.44. The second kappa shape index (κ2) is 9.06. The van der Waals surface area contributed by atoms with Crippen LogP contribution in [-0.4, -0.2) is 48.1 Å². The molecule has 1 amide bonds. The summed E-state index contributed by atoms with van der Waals surface area (Å²) < 4.78 is 71.7. The van der Waals surface area contributed by atoms with Crippen molar-refractivity contribution in [3.8, 4) is 0 Å². The van der Waals surface area contributed by atoms with E-state index in [-0.39, 0.29) is 19.6 Å². The summed E-state index contributed by atoms with van der Waals surface area (Å²) in [6.07, 6.45) is -4.97. The van der Waals surface area contributed by atoms with Gasteiger partial charge < -0.3 is 18.9 Å². The molecular weight excluding hydrogens is 429 g/mol. The smallest absolute Gasteiger partial charge is 0.445 e. The van der Waals surface area contributed by atoms with Crippen LogP contribution in [0.15, 0.2) is 42.1 Å². The molecule has 0 spiro atoms. The second-order valence-electron chi connectivity index (χ2n) is 9.20. The summed E-state index contributed by atoms with van der Waals surface area (Å²) in [5.41, 5.74) is -1.74. The Morgan fingerprint density at radius 1 is 1.19 bits per heavy atom. The maximum absolute atomic E-state index is 15.0. The van der Waals surface area contributed by atoms with E-state index >= 15 is 4.39 Å². The molecule has 176 valence electrons. The third kappa shape index (κ3) is 5.46. The average Bonchev–Trinajstić information content (AvgIpc) is 2.93. The number of benzene rings is 1. The largest absolute Gasteiger partial charge is 0.524 e. The predicted molar refractivity (Wildman–Crippen MR) is 111 cm³/mol. The van der Waals surface area contributed by atoms with Crippen LogP contribution in [-0.2, 0) is 20.7 Å². The molecule has 2 heterocycles. The summed E-state index contributed by atoms with van der Waals surface area (Å²) >= 11 is 0. The van der Waals surface area contributed by atoms with E-state index in [2.05, 4.69) is 0 Å². The monoisotopic (exact) mass is 457 g/mol. The van der Waals surface area contributed by atoms with Crippen molar-refractivity contribution in [1.82, 2.24) is 4.90 Å². The lowest BCUT2D eigenvalue weighted by atomic mass is 9.83. The molecule has 10 heteroatoms. The number of carbonyl (C=O) groups excluding carboxylic acids is 1. The summed E-state index contributed by atoms with van der Waals surface area (Å²) in [4.78, 5) is 13.8. The normalized spacial score (nSPS) is 25.7. The van der Waals surface area contributed by atoms with Gasteiger partial charge in [0, 0.05) is 6.54 Å². The van der Waals surface area contributed by atoms with Gasteiger partial charge in [0.25, 0.3) is 0 Å². The Kier molecular flexibility index (Phi) is 6.95. The lowest BCUT2D eigenvalue weighted by Gasteiger charge is -2.38. The lowest BCUT2D eigenvalue weighted by Crippen LogP contribution is -2.48. The third-order valence-electron chi connectivity index (χ3n) is 6.38. The lowest BCUT2D eigenvalue weighted by molar-refractivity contribution is -0.187. The fraction of sp³-hybridized carbons (Fsp3) is 0.591. The van der Waals surface area contributed by atoms with Crippen LogP contribution in [0.5, 0.6) is 0 Å². The second-order valence-corrected chi connectivity index (χ2v) is 9.20. The minimum absolute atomic E-state index is 0.0327. The van der Waals surface area contributed by atoms with Crippen LogP contribution in [0.2, 0.25) is 0 Å². The van der Waals surface area contributed by atoms with Crippen molar-refractivity contribution >= 4 is 13.2 Å². The van der Waals surface area contributed by atoms with Crippen LogP contribution in [0.3, 0.4) is 0 Å². The zero-order chi connectivity index (χ0) is 23.7. The van der Waals surface area contributed by atoms with Gasteiger partial charge in [-0.2, -0.15) is 13.2 Å². The maximum atomic E-state index is 15.0. The van der Waals surface area contributed by atoms with Gasteiger partial charge in [-0.1, -0.05) is 30.3 Å². The molecule has 0 bridgehead atoms. The SMILES string of the molecule is CC1(C)OB(C(F)=CC2CC(C(F)(F)F)CCN2C(=O)OCc2ccccc2)OC1(C)C. The molecular formula is C22H28BF4NO4. The van der Waals surface area contributed by atoms with E-state index in [1.165, 1.54) is 0 Å². The first-order valence-corrected chi connectivity index (χ1v) is 10.6. The van der Waals surface area contributed by atoms with E-state index < -0.39 is 54.7 Å². The number of likely N-dealkylation sites (tertiary alicyclic amines) is 1. The molecule has 0 radical (unpaired) electrons. The summed E-state index contributed by atoms with van der Waals surface area (Å²) in [6.45, 7) is 6.74. The number of hydrogen-bond acceptors (Lipinski definition) is 4. The Hall–Kier alpha value is -2.07. The predicted octanol–water partition coefficient (Wildman–Crippen LogP) is 5.45. The number of rotatable bonds is 4. The standard InChI is InChI=1S/C22H28BF4NO4/c1-20(2)21(3,4)32-23(31-20)18(24)13-17-12-16(22(25,26)27)10-11-28(17)19(29)30-14-15-8-6-5-7-9-15/h5-9,13,16-17H,10-12,14H2,1-4H3. The highest BCUT2D eigenvalue weighted by Crippen LogP contribution is 2.40. The molecule has 32 heavy (non-hydrogen) atoms. The maximum Gasteiger partial charge on any atom is 0.524 e. The molecule has 2 atom stereocenters. The fourth-order valence-corrected chi connectivity index (χ4v) is 3.70. The zero-order valence-electron chi connectivity index (χ0n) is 18.6. The number of hydrogen-bond donors (Lipinski definition) is 0. The number of halogens is 4. The molecule has 1 aromatic rings. The van der Waals surface area contributed by atoms with E-state index in [4.69, 9.17) is 14.0 Å². The zero-order valence-corrected chi connectivity index (χ0v) is 18.6. The van der Waals surface area contributed by atoms with Crippen molar-refractivity contribution in [3.05, 3.63) is 47.7 Å². The number of alkyl halides is 3. The van der Waals surface area contributed by atoms with Gasteiger partial charge in [0.15, 0.2) is 0 Å². The highest BCUT2D eigenvalue weighted by atomic mass is 19.4. The summed E-state index contributed by atoms with van der Waals surface area (Å²) in [5, 5.41) is 0. The highest BCUT2D eigenvalue weighted by Gasteiger charge is 2.53. The molecule has 2 unspecified atom stereocenters. The molecule has 0 aliphatic carbocycles. The van der Waals surface area contributed by atoms with E-state index in [0.717, 1.165) is 16.5 Å². The van der Waals surface area contributed by atoms with Gasteiger partial charge in [0.1, 0.15) is 12.3 Å². The Balaban J connectivity index is 1.77. The average molecular weight is 457 g/mol. The van der Waals surface area contributed by atoms with Crippen LogP contribution in [0.25, 0.3) is 0 Å². The van der Waals surface area contributed by atoms with Crippen molar-refractivity contribution in [2.24, 2.45) is 5.92 Å². The molecule has 2 aliphatic heterocycles. The third-order valence-corrected chi connectivity index (χ3v) is 6.38. The van der Waals surface area contributed by atoms with Crippen LogP contribution in [0.1, 0.15) is 46.1 Å². The molecule has 1 aromatic carbocycles. The molecule has 0 saturated carbocycles. The van der Waals surface area contributed by atoms with Crippen LogP contribution in [0, 0.1) is 5.92 Å². The van der Waals surface area contributed by atoms with Gasteiger partial charge in [0.2, 0.25) is 0 Å². The van der Waals surface area contributed by atoms with Crippen molar-refractivity contribution in [2.75, 3.05) is 6.54 Å². The Bertz CT molecular complexity index is 828. The molecule has 2 aliphatic rings. The Morgan fingerprint density at radius 2 is 1.78 bits per heavy atom. The van der Waals surface area contributed by atoms with Crippen molar-refractivity contribution in [3.63, 3.8) is 0 Å². The quantitative estimate of drug-likeness (QED) is 0.446. The fourth-order valence-electron chi connectivity index (χ4n) is 3.70. The van der Waals surface area contributed by atoms with Gasteiger partial charge in [-0.3, -0.25) is 0 Å². The van der Waals surface area contributed by atoms with Crippen molar-refractivity contribution in [2.45, 2.75) is 70.6 Å². The first kappa shape index (κ1) is 24.6. The topological polar surface area (TPSA) is 48.0 Å². The summed E-state index contributed by atoms with van der Waals surface area (Å²) in [5.74, 6) is -1.65. The van der Waals surface area contributed by atoms with Gasteiger partial charge >= 0.3 is 19.4 Å². The van der Waals surface area contributed by atoms with Crippen molar-refractivity contribution in [1.29, 1.82) is 0 Å². The number of carbonyl (C=O) groups is 1. The van der Waals surface area contributed by atoms with E-state index in [0.29, 0.717) is 0 Å². The Morgan fingerprint density at radius 3 is 2.34 bits per heavy atom. The van der Waals surface area contributed by atoms with E-state index in [1.807, 2.05) is 6.07 Å². The number of nitrogens with zero attached hydrogens (tertiary/aromatic N) is 1.